The number of carbonyl (C=O) groups is 2. The Labute approximate surface area is 206 Å². The van der Waals surface area contributed by atoms with Gasteiger partial charge in [-0.1, -0.05) is 17.7 Å². The number of aromatic nitrogens is 1. The van der Waals surface area contributed by atoms with E-state index in [-0.39, 0.29) is 22.2 Å². The Hall–Kier alpha value is -3.86. The van der Waals surface area contributed by atoms with E-state index in [1.54, 1.807) is 37.3 Å². The largest absolute Gasteiger partial charge is 0.355 e. The summed E-state index contributed by atoms with van der Waals surface area (Å²) in [6.45, 7) is 3.29. The molecule has 35 heavy (non-hydrogen) atoms. The number of morpholine rings is 1. The number of nitro groups is 1. The molecule has 2 aromatic carbocycles. The smallest absolute Gasteiger partial charge is 0.282 e. The monoisotopic (exact) mass is 495 g/mol. The van der Waals surface area contributed by atoms with Crippen LogP contribution < -0.4 is 15.5 Å². The van der Waals surface area contributed by atoms with E-state index in [0.717, 1.165) is 0 Å². The number of carbonyl (C=O) groups excluding carboxylic acids is 2. The molecule has 1 unspecified atom stereocenters. The molecule has 0 bridgehead atoms. The van der Waals surface area contributed by atoms with Crippen LogP contribution in [0.2, 0.25) is 5.02 Å². The molecule has 180 valence electrons. The van der Waals surface area contributed by atoms with E-state index in [9.17, 15) is 19.7 Å². The lowest BCUT2D eigenvalue weighted by Gasteiger charge is -2.35. The number of nitrogens with zero attached hydrogens (tertiary/aromatic N) is 3. The highest BCUT2D eigenvalue weighted by Gasteiger charge is 2.29. The van der Waals surface area contributed by atoms with Gasteiger partial charge in [0.15, 0.2) is 0 Å². The summed E-state index contributed by atoms with van der Waals surface area (Å²) in [5.74, 6) is -0.991. The van der Waals surface area contributed by atoms with Crippen LogP contribution in [0.15, 0.2) is 60.9 Å². The Morgan fingerprint density at radius 3 is 2.66 bits per heavy atom. The Bertz CT molecular complexity index is 1260. The van der Waals surface area contributed by atoms with Crippen molar-refractivity contribution < 1.29 is 19.2 Å². The van der Waals surface area contributed by atoms with Crippen molar-refractivity contribution in [2.75, 3.05) is 29.9 Å². The highest BCUT2D eigenvalue weighted by Crippen LogP contribution is 2.29. The molecule has 2 amide bonds. The number of nitrogens with one attached hydrogen (secondary N) is 2. The number of nitro benzene ring substituents is 1. The fraction of sp³-hybridized carbons (Fsp3) is 0.208. The summed E-state index contributed by atoms with van der Waals surface area (Å²) in [6, 6.07) is 12.1. The SMILES string of the molecule is Cc1ccc(N(C(=O)c2ccncc2)C2CNCCO2)cc1NC(=O)c1cc(Cl)ccc1[N+](=O)[O-]. The minimum Gasteiger partial charge on any atom is -0.355 e. The molecule has 0 saturated carbocycles. The Morgan fingerprint density at radius 1 is 1.20 bits per heavy atom. The first-order valence-corrected chi connectivity index (χ1v) is 11.1. The molecule has 1 aromatic heterocycles. The lowest BCUT2D eigenvalue weighted by molar-refractivity contribution is -0.385. The number of aryl methyl sites for hydroxylation is 1. The third-order valence-corrected chi connectivity index (χ3v) is 5.72. The first-order chi connectivity index (χ1) is 16.8. The van der Waals surface area contributed by atoms with Gasteiger partial charge in [0.25, 0.3) is 17.5 Å². The van der Waals surface area contributed by atoms with Gasteiger partial charge < -0.3 is 15.4 Å². The summed E-state index contributed by atoms with van der Waals surface area (Å²) < 4.78 is 5.86. The van der Waals surface area contributed by atoms with Gasteiger partial charge in [0.1, 0.15) is 11.8 Å². The summed E-state index contributed by atoms with van der Waals surface area (Å²) in [7, 11) is 0. The van der Waals surface area contributed by atoms with Gasteiger partial charge in [-0.25, -0.2) is 0 Å². The number of pyridine rings is 1. The van der Waals surface area contributed by atoms with Crippen molar-refractivity contribution in [1.82, 2.24) is 10.3 Å². The average Bonchev–Trinajstić information content (AvgIpc) is 2.87. The number of rotatable bonds is 6. The second-order valence-electron chi connectivity index (χ2n) is 7.81. The molecular formula is C24H22ClN5O5. The van der Waals surface area contributed by atoms with Gasteiger partial charge >= 0.3 is 0 Å². The molecular weight excluding hydrogens is 474 g/mol. The van der Waals surface area contributed by atoms with Crippen molar-refractivity contribution in [2.45, 2.75) is 13.2 Å². The highest BCUT2D eigenvalue weighted by molar-refractivity contribution is 6.31. The molecule has 3 aromatic rings. The molecule has 0 radical (unpaired) electrons. The van der Waals surface area contributed by atoms with Gasteiger partial charge in [0.05, 0.1) is 11.5 Å². The molecule has 11 heteroatoms. The Morgan fingerprint density at radius 2 is 1.97 bits per heavy atom. The lowest BCUT2D eigenvalue weighted by Crippen LogP contribution is -2.52. The molecule has 4 rings (SSSR count). The third-order valence-electron chi connectivity index (χ3n) is 5.49. The quantitative estimate of drug-likeness (QED) is 0.393. The fourth-order valence-electron chi connectivity index (χ4n) is 3.70. The number of benzene rings is 2. The first kappa shape index (κ1) is 24.3. The molecule has 1 aliphatic heterocycles. The van der Waals surface area contributed by atoms with Gasteiger partial charge in [-0.3, -0.25) is 29.6 Å². The van der Waals surface area contributed by atoms with E-state index in [2.05, 4.69) is 15.6 Å². The molecule has 10 nitrogen and oxygen atoms in total. The minimum absolute atomic E-state index is 0.170. The normalized spacial score (nSPS) is 15.3. The topological polar surface area (TPSA) is 127 Å². The predicted octanol–water partition coefficient (Wildman–Crippen LogP) is 3.80. The van der Waals surface area contributed by atoms with Gasteiger partial charge in [-0.15, -0.1) is 0 Å². The summed E-state index contributed by atoms with van der Waals surface area (Å²) in [6.07, 6.45) is 2.48. The van der Waals surface area contributed by atoms with E-state index in [0.29, 0.717) is 42.2 Å². The van der Waals surface area contributed by atoms with Gasteiger partial charge in [-0.2, -0.15) is 0 Å². The van der Waals surface area contributed by atoms with Crippen LogP contribution in [-0.2, 0) is 4.74 Å². The van der Waals surface area contributed by atoms with E-state index >= 15 is 0 Å². The molecule has 2 N–H and O–H groups in total. The van der Waals surface area contributed by atoms with Crippen LogP contribution >= 0.6 is 11.6 Å². The van der Waals surface area contributed by atoms with Crippen LogP contribution in [0.3, 0.4) is 0 Å². The number of halogens is 1. The molecule has 0 spiro atoms. The predicted molar refractivity (Wildman–Crippen MR) is 131 cm³/mol. The standard InChI is InChI=1S/C24H22ClN5O5/c1-15-2-4-18(13-20(15)28-23(31)19-12-17(25)3-5-21(19)30(33)34)29(22-14-27-10-11-35-22)24(32)16-6-8-26-9-7-16/h2-9,12-13,22,27H,10-11,14H2,1H3,(H,28,31). The lowest BCUT2D eigenvalue weighted by atomic mass is 10.1. The van der Waals surface area contributed by atoms with Crippen LogP contribution in [0.1, 0.15) is 26.3 Å². The van der Waals surface area contributed by atoms with Crippen LogP contribution in [0, 0.1) is 17.0 Å². The summed E-state index contributed by atoms with van der Waals surface area (Å²) in [4.78, 5) is 42.7. The van der Waals surface area contributed by atoms with Crippen LogP contribution in [-0.4, -0.2) is 47.6 Å². The van der Waals surface area contributed by atoms with E-state index in [1.165, 1.54) is 35.5 Å². The number of ether oxygens (including phenoxy) is 1. The number of hydrogen-bond acceptors (Lipinski definition) is 7. The van der Waals surface area contributed by atoms with Crippen molar-refractivity contribution in [3.8, 4) is 0 Å². The minimum atomic E-state index is -0.693. The maximum atomic E-state index is 13.5. The van der Waals surface area contributed by atoms with Crippen molar-refractivity contribution in [2.24, 2.45) is 0 Å². The number of hydrogen-bond donors (Lipinski definition) is 2. The van der Waals surface area contributed by atoms with E-state index < -0.39 is 17.1 Å². The Balaban J connectivity index is 1.70. The van der Waals surface area contributed by atoms with Crippen LogP contribution in [0.5, 0.6) is 0 Å². The van der Waals surface area contributed by atoms with Crippen molar-refractivity contribution in [1.29, 1.82) is 0 Å². The van der Waals surface area contributed by atoms with Crippen molar-refractivity contribution >= 4 is 40.5 Å². The maximum Gasteiger partial charge on any atom is 0.282 e. The average molecular weight is 496 g/mol. The van der Waals surface area contributed by atoms with Gasteiger partial charge in [0.2, 0.25) is 0 Å². The summed E-state index contributed by atoms with van der Waals surface area (Å²) in [5.41, 5.74) is 1.47. The molecule has 1 atom stereocenters. The number of anilines is 2. The number of amides is 2. The molecule has 2 heterocycles. The van der Waals surface area contributed by atoms with Crippen LogP contribution in [0.4, 0.5) is 17.1 Å². The van der Waals surface area contributed by atoms with Crippen molar-refractivity contribution in [3.63, 3.8) is 0 Å². The van der Waals surface area contributed by atoms with Crippen molar-refractivity contribution in [3.05, 3.63) is 92.8 Å². The summed E-state index contributed by atoms with van der Waals surface area (Å²) >= 11 is 5.97. The second kappa shape index (κ2) is 10.6. The summed E-state index contributed by atoms with van der Waals surface area (Å²) in [5, 5.41) is 17.5. The zero-order valence-corrected chi connectivity index (χ0v) is 19.5. The zero-order valence-electron chi connectivity index (χ0n) is 18.7. The fourth-order valence-corrected chi connectivity index (χ4v) is 3.87. The van der Waals surface area contributed by atoms with Gasteiger partial charge in [0, 0.05) is 53.5 Å². The van der Waals surface area contributed by atoms with Gasteiger partial charge in [-0.05, 0) is 48.9 Å². The third kappa shape index (κ3) is 5.46. The molecule has 0 aliphatic carbocycles. The Kier molecular flexibility index (Phi) is 7.35. The van der Waals surface area contributed by atoms with Crippen LogP contribution in [0.25, 0.3) is 0 Å². The highest BCUT2D eigenvalue weighted by atomic mass is 35.5. The maximum absolute atomic E-state index is 13.5. The second-order valence-corrected chi connectivity index (χ2v) is 8.25. The molecule has 1 aliphatic rings. The van der Waals surface area contributed by atoms with E-state index in [4.69, 9.17) is 16.3 Å². The zero-order chi connectivity index (χ0) is 24.9. The van der Waals surface area contributed by atoms with E-state index in [1.807, 2.05) is 0 Å². The first-order valence-electron chi connectivity index (χ1n) is 10.8. The molecule has 1 fully saturated rings. The molecule has 1 saturated heterocycles.